The Morgan fingerprint density at radius 1 is 0.679 bits per heavy atom. The lowest BCUT2D eigenvalue weighted by Gasteiger charge is -2.21. The molecule has 0 aliphatic rings. The van der Waals surface area contributed by atoms with Crippen LogP contribution >= 0.6 is 31.9 Å². The Morgan fingerprint density at radius 2 is 0.964 bits per heavy atom. The van der Waals surface area contributed by atoms with Crippen LogP contribution < -0.4 is 0 Å². The molecule has 9 heteroatoms. The van der Waals surface area contributed by atoms with Gasteiger partial charge in [-0.1, -0.05) is 56.1 Å². The van der Waals surface area contributed by atoms with E-state index in [0.717, 1.165) is 24.3 Å². The van der Waals surface area contributed by atoms with E-state index in [1.807, 2.05) is 0 Å². The number of Topliss-reactive ketones (excluding diaryl/α,β-unsaturated/α-hetero) is 1. The van der Waals surface area contributed by atoms with Gasteiger partial charge in [0.25, 0.3) is 0 Å². The SMILES string of the molecule is O=C(C(CBr)c1ccc(C(F)(F)F)cc1)C(CBr)c1ccc(C(F)(F)F)cc1. The minimum Gasteiger partial charge on any atom is -0.298 e. The molecule has 0 bridgehead atoms. The summed E-state index contributed by atoms with van der Waals surface area (Å²) in [5, 5.41) is 0.336. The van der Waals surface area contributed by atoms with Gasteiger partial charge < -0.3 is 0 Å². The first-order chi connectivity index (χ1) is 13.0. The second-order valence-electron chi connectivity index (χ2n) is 6.06. The highest BCUT2D eigenvalue weighted by Gasteiger charge is 2.33. The summed E-state index contributed by atoms with van der Waals surface area (Å²) >= 11 is 6.42. The summed E-state index contributed by atoms with van der Waals surface area (Å²) < 4.78 is 76.3. The van der Waals surface area contributed by atoms with Gasteiger partial charge in [0.05, 0.1) is 23.0 Å². The van der Waals surface area contributed by atoms with Crippen LogP contribution in [0, 0.1) is 0 Å². The van der Waals surface area contributed by atoms with Gasteiger partial charge >= 0.3 is 12.4 Å². The Balaban J connectivity index is 2.29. The average molecular weight is 532 g/mol. The van der Waals surface area contributed by atoms with E-state index in [9.17, 15) is 31.1 Å². The first-order valence-electron chi connectivity index (χ1n) is 7.99. The molecular weight excluding hydrogens is 518 g/mol. The summed E-state index contributed by atoms with van der Waals surface area (Å²) in [6, 6.07) is 8.57. The van der Waals surface area contributed by atoms with Crippen molar-refractivity contribution >= 4 is 37.6 Å². The van der Waals surface area contributed by atoms with Crippen LogP contribution in [0.1, 0.15) is 34.1 Å². The number of halogens is 8. The van der Waals surface area contributed by atoms with Crippen molar-refractivity contribution in [2.45, 2.75) is 24.2 Å². The molecule has 0 saturated carbocycles. The number of benzene rings is 2. The van der Waals surface area contributed by atoms with Crippen molar-refractivity contribution in [2.75, 3.05) is 10.7 Å². The van der Waals surface area contributed by atoms with Crippen molar-refractivity contribution in [1.82, 2.24) is 0 Å². The molecule has 2 aromatic rings. The molecule has 0 saturated heterocycles. The van der Waals surface area contributed by atoms with Crippen LogP contribution in [-0.4, -0.2) is 16.4 Å². The predicted octanol–water partition coefficient (Wildman–Crippen LogP) is 6.95. The lowest BCUT2D eigenvalue weighted by Crippen LogP contribution is -2.23. The van der Waals surface area contributed by atoms with Gasteiger partial charge in [0.2, 0.25) is 0 Å². The maximum absolute atomic E-state index is 13.0. The zero-order valence-electron chi connectivity index (χ0n) is 14.1. The fourth-order valence-electron chi connectivity index (χ4n) is 2.71. The maximum Gasteiger partial charge on any atom is 0.416 e. The molecule has 0 N–H and O–H groups in total. The highest BCUT2D eigenvalue weighted by Crippen LogP contribution is 2.34. The van der Waals surface area contributed by atoms with Crippen molar-refractivity contribution in [3.63, 3.8) is 0 Å². The van der Waals surface area contributed by atoms with E-state index in [4.69, 9.17) is 0 Å². The topological polar surface area (TPSA) is 17.1 Å². The van der Waals surface area contributed by atoms with Gasteiger partial charge in [-0.3, -0.25) is 4.79 Å². The summed E-state index contributed by atoms with van der Waals surface area (Å²) in [6.07, 6.45) is -8.96. The van der Waals surface area contributed by atoms with Crippen LogP contribution in [0.25, 0.3) is 0 Å². The number of rotatable bonds is 6. The van der Waals surface area contributed by atoms with Crippen molar-refractivity contribution in [2.24, 2.45) is 0 Å². The minimum atomic E-state index is -4.48. The Labute approximate surface area is 174 Å². The van der Waals surface area contributed by atoms with Gasteiger partial charge in [-0.05, 0) is 35.4 Å². The second-order valence-corrected chi connectivity index (χ2v) is 7.35. The summed E-state index contributed by atoms with van der Waals surface area (Å²) in [5.41, 5.74) is -0.853. The van der Waals surface area contributed by atoms with E-state index in [1.54, 1.807) is 0 Å². The summed E-state index contributed by atoms with van der Waals surface area (Å²) in [5.74, 6) is -1.80. The van der Waals surface area contributed by atoms with Crippen molar-refractivity contribution in [3.05, 3.63) is 70.8 Å². The zero-order chi connectivity index (χ0) is 21.1. The highest BCUT2D eigenvalue weighted by atomic mass is 79.9. The molecule has 2 atom stereocenters. The molecule has 0 aliphatic carbocycles. The zero-order valence-corrected chi connectivity index (χ0v) is 17.3. The Morgan fingerprint density at radius 3 is 1.18 bits per heavy atom. The van der Waals surface area contributed by atoms with Gasteiger partial charge in [-0.2, -0.15) is 26.3 Å². The van der Waals surface area contributed by atoms with Crippen LogP contribution in [-0.2, 0) is 17.1 Å². The molecule has 0 amide bonds. The number of hydrogen-bond acceptors (Lipinski definition) is 1. The molecule has 152 valence electrons. The van der Waals surface area contributed by atoms with Crippen LogP contribution in [0.4, 0.5) is 26.3 Å². The number of ketones is 1. The third-order valence-electron chi connectivity index (χ3n) is 4.28. The number of carbonyl (C=O) groups excluding carboxylic acids is 1. The van der Waals surface area contributed by atoms with E-state index in [-0.39, 0.29) is 16.4 Å². The maximum atomic E-state index is 13.0. The molecule has 1 nitrogen and oxygen atoms in total. The molecular formula is C19H14Br2F6O. The fraction of sp³-hybridized carbons (Fsp3) is 0.316. The molecule has 0 radical (unpaired) electrons. The predicted molar refractivity (Wildman–Crippen MR) is 101 cm³/mol. The Bertz CT molecular complexity index is 730. The summed E-state index contributed by atoms with van der Waals surface area (Å²) in [7, 11) is 0. The van der Waals surface area contributed by atoms with Gasteiger partial charge in [0.15, 0.2) is 0 Å². The lowest BCUT2D eigenvalue weighted by atomic mass is 9.85. The normalized spacial score (nSPS) is 14.6. The van der Waals surface area contributed by atoms with Gasteiger partial charge in [-0.25, -0.2) is 0 Å². The second kappa shape index (κ2) is 8.98. The third kappa shape index (κ3) is 5.37. The minimum absolute atomic E-state index is 0.168. The molecule has 0 aromatic heterocycles. The van der Waals surface area contributed by atoms with Crippen molar-refractivity contribution in [1.29, 1.82) is 0 Å². The molecule has 0 fully saturated rings. The lowest BCUT2D eigenvalue weighted by molar-refractivity contribution is -0.138. The summed E-state index contributed by atoms with van der Waals surface area (Å²) in [6.45, 7) is 0. The fourth-order valence-corrected chi connectivity index (χ4v) is 4.10. The van der Waals surface area contributed by atoms with Crippen LogP contribution in [0.15, 0.2) is 48.5 Å². The van der Waals surface area contributed by atoms with E-state index in [0.29, 0.717) is 11.1 Å². The third-order valence-corrected chi connectivity index (χ3v) is 5.57. The number of alkyl halides is 8. The van der Waals surface area contributed by atoms with E-state index in [2.05, 4.69) is 31.9 Å². The van der Waals surface area contributed by atoms with Crippen LogP contribution in [0.3, 0.4) is 0 Å². The largest absolute Gasteiger partial charge is 0.416 e. The molecule has 28 heavy (non-hydrogen) atoms. The van der Waals surface area contributed by atoms with E-state index >= 15 is 0 Å². The molecule has 0 heterocycles. The monoisotopic (exact) mass is 530 g/mol. The smallest absolute Gasteiger partial charge is 0.298 e. The first kappa shape index (κ1) is 22.9. The molecule has 0 aliphatic heterocycles. The standard InChI is InChI=1S/C19H14Br2F6O/c20-9-15(11-1-5-13(6-2-11)18(22,23)24)17(28)16(10-21)12-3-7-14(8-4-12)19(25,26)27/h1-8,15-16H,9-10H2. The van der Waals surface area contributed by atoms with Crippen molar-refractivity contribution < 1.29 is 31.1 Å². The Kier molecular flexibility index (Phi) is 7.36. The van der Waals surface area contributed by atoms with Crippen LogP contribution in [0.5, 0.6) is 0 Å². The number of hydrogen-bond donors (Lipinski definition) is 0. The van der Waals surface area contributed by atoms with Gasteiger partial charge in [-0.15, -0.1) is 0 Å². The Hall–Kier alpha value is -1.35. The van der Waals surface area contributed by atoms with Crippen LogP contribution in [0.2, 0.25) is 0 Å². The van der Waals surface area contributed by atoms with Crippen molar-refractivity contribution in [3.8, 4) is 0 Å². The molecule has 2 aromatic carbocycles. The number of carbonyl (C=O) groups is 1. The quantitative estimate of drug-likeness (QED) is 0.291. The van der Waals surface area contributed by atoms with E-state index in [1.165, 1.54) is 24.3 Å². The highest BCUT2D eigenvalue weighted by molar-refractivity contribution is 9.09. The first-order valence-corrected chi connectivity index (χ1v) is 10.2. The van der Waals surface area contributed by atoms with Gasteiger partial charge in [0.1, 0.15) is 5.78 Å². The molecule has 0 spiro atoms. The average Bonchev–Trinajstić information content (AvgIpc) is 2.62. The van der Waals surface area contributed by atoms with Gasteiger partial charge in [0, 0.05) is 10.7 Å². The molecule has 2 rings (SSSR count). The summed E-state index contributed by atoms with van der Waals surface area (Å²) in [4.78, 5) is 13.0. The van der Waals surface area contributed by atoms with E-state index < -0.39 is 35.3 Å². The molecule has 2 unspecified atom stereocenters.